The maximum absolute atomic E-state index is 10.1. The fourth-order valence-corrected chi connectivity index (χ4v) is 2.61. The first-order valence-electron chi connectivity index (χ1n) is 7.59. The van der Waals surface area contributed by atoms with E-state index in [1.807, 2.05) is 18.2 Å². The topological polar surface area (TPSA) is 35.5 Å². The smallest absolute Gasteiger partial charge is 0.0799 e. The highest BCUT2D eigenvalue weighted by molar-refractivity contribution is 5.25. The zero-order valence-corrected chi connectivity index (χ0v) is 13.6. The van der Waals surface area contributed by atoms with E-state index in [4.69, 9.17) is 0 Å². The molecule has 0 bridgehead atoms. The fourth-order valence-electron chi connectivity index (χ4n) is 2.61. The Morgan fingerprint density at radius 3 is 2.25 bits per heavy atom. The molecule has 114 valence electrons. The van der Waals surface area contributed by atoms with Gasteiger partial charge in [-0.15, -0.1) is 0 Å². The Kier molecular flexibility index (Phi) is 6.66. The minimum Gasteiger partial charge on any atom is -0.394 e. The van der Waals surface area contributed by atoms with Gasteiger partial charge in [0.2, 0.25) is 0 Å². The largest absolute Gasteiger partial charge is 0.394 e. The molecule has 0 aliphatic heterocycles. The molecule has 1 aromatic carbocycles. The van der Waals surface area contributed by atoms with E-state index < -0.39 is 5.54 Å². The number of aliphatic hydroxyl groups is 1. The Bertz CT molecular complexity index is 380. The summed E-state index contributed by atoms with van der Waals surface area (Å²) in [4.78, 5) is 2.32. The number of hydrogen-bond acceptors (Lipinski definition) is 3. The van der Waals surface area contributed by atoms with Crippen molar-refractivity contribution in [2.75, 3.05) is 20.2 Å². The van der Waals surface area contributed by atoms with Crippen LogP contribution in [-0.4, -0.2) is 42.3 Å². The van der Waals surface area contributed by atoms with Gasteiger partial charge >= 0.3 is 0 Å². The van der Waals surface area contributed by atoms with Crippen LogP contribution in [-0.2, 0) is 5.54 Å². The summed E-state index contributed by atoms with van der Waals surface area (Å²) in [6, 6.07) is 11.1. The van der Waals surface area contributed by atoms with E-state index in [-0.39, 0.29) is 6.61 Å². The number of nitrogens with zero attached hydrogens (tertiary/aromatic N) is 1. The fraction of sp³-hybridized carbons (Fsp3) is 0.647. The van der Waals surface area contributed by atoms with Gasteiger partial charge in [0.1, 0.15) is 0 Å². The zero-order chi connectivity index (χ0) is 15.2. The standard InChI is InChI=1S/C17H30N2O/c1-6-15(4)19(5)12-17(13-20,18-14(2)3)16-10-8-7-9-11-16/h7-11,14-15,18,20H,6,12-13H2,1-5H3. The van der Waals surface area contributed by atoms with Crippen molar-refractivity contribution >= 4 is 0 Å². The summed E-state index contributed by atoms with van der Waals surface area (Å²) in [5.41, 5.74) is 0.736. The molecule has 0 aromatic heterocycles. The molecule has 1 rings (SSSR count). The molecule has 0 saturated heterocycles. The normalized spacial score (nSPS) is 16.4. The molecule has 0 saturated carbocycles. The summed E-state index contributed by atoms with van der Waals surface area (Å²) in [7, 11) is 2.13. The molecular weight excluding hydrogens is 248 g/mol. The highest BCUT2D eigenvalue weighted by Crippen LogP contribution is 2.24. The third-order valence-electron chi connectivity index (χ3n) is 4.02. The van der Waals surface area contributed by atoms with Gasteiger partial charge in [-0.2, -0.15) is 0 Å². The first kappa shape index (κ1) is 17.2. The van der Waals surface area contributed by atoms with Crippen molar-refractivity contribution in [3.63, 3.8) is 0 Å². The maximum Gasteiger partial charge on any atom is 0.0799 e. The van der Waals surface area contributed by atoms with E-state index in [0.29, 0.717) is 12.1 Å². The van der Waals surface area contributed by atoms with Gasteiger partial charge in [0.15, 0.2) is 0 Å². The number of hydrogen-bond donors (Lipinski definition) is 2. The van der Waals surface area contributed by atoms with Crippen LogP contribution in [0, 0.1) is 0 Å². The summed E-state index contributed by atoms with van der Waals surface area (Å²) in [5.74, 6) is 0. The lowest BCUT2D eigenvalue weighted by molar-refractivity contribution is 0.0940. The predicted octanol–water partition coefficient (Wildman–Crippen LogP) is 2.60. The Morgan fingerprint density at radius 1 is 1.20 bits per heavy atom. The monoisotopic (exact) mass is 278 g/mol. The van der Waals surface area contributed by atoms with E-state index in [0.717, 1.165) is 18.5 Å². The molecule has 2 unspecified atom stereocenters. The second kappa shape index (κ2) is 7.77. The van der Waals surface area contributed by atoms with Crippen LogP contribution in [0.2, 0.25) is 0 Å². The highest BCUT2D eigenvalue weighted by atomic mass is 16.3. The summed E-state index contributed by atoms with van der Waals surface area (Å²) in [6.07, 6.45) is 1.11. The summed E-state index contributed by atoms with van der Waals surface area (Å²) in [5, 5.41) is 13.7. The molecule has 0 spiro atoms. The minimum absolute atomic E-state index is 0.0932. The Hall–Kier alpha value is -0.900. The molecule has 3 heteroatoms. The third-order valence-corrected chi connectivity index (χ3v) is 4.02. The van der Waals surface area contributed by atoms with E-state index in [2.05, 4.69) is 57.1 Å². The Labute approximate surface area is 124 Å². The van der Waals surface area contributed by atoms with Crippen LogP contribution in [0.4, 0.5) is 0 Å². The number of nitrogens with one attached hydrogen (secondary N) is 1. The first-order valence-corrected chi connectivity index (χ1v) is 7.59. The van der Waals surface area contributed by atoms with Crippen molar-refractivity contribution in [2.45, 2.75) is 51.7 Å². The van der Waals surface area contributed by atoms with Crippen molar-refractivity contribution in [1.82, 2.24) is 10.2 Å². The van der Waals surface area contributed by atoms with Gasteiger partial charge in [0, 0.05) is 18.6 Å². The molecule has 0 fully saturated rings. The van der Waals surface area contributed by atoms with Gasteiger partial charge in [-0.3, -0.25) is 0 Å². The van der Waals surface area contributed by atoms with Gasteiger partial charge < -0.3 is 15.3 Å². The minimum atomic E-state index is -0.409. The molecule has 1 aromatic rings. The van der Waals surface area contributed by atoms with Crippen molar-refractivity contribution in [1.29, 1.82) is 0 Å². The van der Waals surface area contributed by atoms with Crippen LogP contribution in [0.5, 0.6) is 0 Å². The quantitative estimate of drug-likeness (QED) is 0.767. The summed E-state index contributed by atoms with van der Waals surface area (Å²) < 4.78 is 0. The van der Waals surface area contributed by atoms with Gasteiger partial charge in [-0.05, 0) is 39.8 Å². The molecule has 2 atom stereocenters. The summed E-state index contributed by atoms with van der Waals surface area (Å²) >= 11 is 0. The average molecular weight is 278 g/mol. The van der Waals surface area contributed by atoms with Crippen LogP contribution >= 0.6 is 0 Å². The summed E-state index contributed by atoms with van der Waals surface area (Å²) in [6.45, 7) is 9.55. The molecule has 3 nitrogen and oxygen atoms in total. The van der Waals surface area contributed by atoms with Crippen molar-refractivity contribution in [3.05, 3.63) is 35.9 Å². The number of rotatable bonds is 8. The highest BCUT2D eigenvalue weighted by Gasteiger charge is 2.34. The third kappa shape index (κ3) is 4.30. The lowest BCUT2D eigenvalue weighted by Crippen LogP contribution is -2.56. The van der Waals surface area contributed by atoms with E-state index in [1.165, 1.54) is 0 Å². The van der Waals surface area contributed by atoms with Crippen LogP contribution in [0.3, 0.4) is 0 Å². The van der Waals surface area contributed by atoms with E-state index in [9.17, 15) is 5.11 Å². The lowest BCUT2D eigenvalue weighted by atomic mass is 9.88. The van der Waals surface area contributed by atoms with Gasteiger partial charge in [0.25, 0.3) is 0 Å². The first-order chi connectivity index (χ1) is 9.45. The lowest BCUT2D eigenvalue weighted by Gasteiger charge is -2.40. The number of aliphatic hydroxyl groups excluding tert-OH is 1. The Balaban J connectivity index is 3.06. The van der Waals surface area contributed by atoms with Crippen molar-refractivity contribution in [3.8, 4) is 0 Å². The van der Waals surface area contributed by atoms with Crippen LogP contribution in [0.15, 0.2) is 30.3 Å². The van der Waals surface area contributed by atoms with Crippen LogP contribution in [0.25, 0.3) is 0 Å². The van der Waals surface area contributed by atoms with Crippen molar-refractivity contribution < 1.29 is 5.11 Å². The molecule has 2 N–H and O–H groups in total. The molecule has 0 aliphatic carbocycles. The average Bonchev–Trinajstić information content (AvgIpc) is 2.45. The SMILES string of the molecule is CCC(C)N(C)CC(CO)(NC(C)C)c1ccccc1. The van der Waals surface area contributed by atoms with Gasteiger partial charge in [-0.1, -0.05) is 37.3 Å². The maximum atomic E-state index is 10.1. The molecule has 20 heavy (non-hydrogen) atoms. The predicted molar refractivity (Wildman–Crippen MR) is 85.9 cm³/mol. The van der Waals surface area contributed by atoms with Gasteiger partial charge in [-0.25, -0.2) is 0 Å². The van der Waals surface area contributed by atoms with E-state index >= 15 is 0 Å². The molecule has 0 heterocycles. The molecule has 0 aliphatic rings. The Morgan fingerprint density at radius 2 is 1.80 bits per heavy atom. The van der Waals surface area contributed by atoms with Crippen LogP contribution < -0.4 is 5.32 Å². The van der Waals surface area contributed by atoms with Gasteiger partial charge in [0.05, 0.1) is 12.1 Å². The zero-order valence-electron chi connectivity index (χ0n) is 13.6. The molecule has 0 amide bonds. The molecule has 0 radical (unpaired) electrons. The number of likely N-dealkylation sites (N-methyl/N-ethyl adjacent to an activating group) is 1. The second-order valence-electron chi connectivity index (χ2n) is 6.08. The second-order valence-corrected chi connectivity index (χ2v) is 6.08. The van der Waals surface area contributed by atoms with E-state index in [1.54, 1.807) is 0 Å². The number of benzene rings is 1. The van der Waals surface area contributed by atoms with Crippen molar-refractivity contribution in [2.24, 2.45) is 0 Å². The molecular formula is C17H30N2O. The van der Waals surface area contributed by atoms with Crippen LogP contribution in [0.1, 0.15) is 39.7 Å².